The Morgan fingerprint density at radius 2 is 1.73 bits per heavy atom. The second-order valence-electron chi connectivity index (χ2n) is 6.35. The Balaban J connectivity index is 0.00000320. The summed E-state index contributed by atoms with van der Waals surface area (Å²) in [4.78, 5) is 4.24. The fourth-order valence-corrected chi connectivity index (χ4v) is 2.75. The zero-order chi connectivity index (χ0) is 20.5. The molecule has 0 saturated carbocycles. The van der Waals surface area contributed by atoms with Crippen LogP contribution in [0.4, 0.5) is 4.39 Å². The zero-order valence-electron chi connectivity index (χ0n) is 17.0. The molecule has 1 aromatic heterocycles. The number of benzene rings is 2. The third kappa shape index (κ3) is 6.97. The number of aryl methyl sites for hydroxylation is 1. The Bertz CT molecular complexity index is 927. The first-order valence-corrected chi connectivity index (χ1v) is 9.51. The Labute approximate surface area is 192 Å². The minimum Gasteiger partial charge on any atom is -0.457 e. The van der Waals surface area contributed by atoms with Crippen molar-refractivity contribution in [3.63, 3.8) is 0 Å². The number of halogens is 2. The lowest BCUT2D eigenvalue weighted by Crippen LogP contribution is -2.38. The molecular formula is C21H26FIN6O. The molecule has 0 aliphatic rings. The molecule has 30 heavy (non-hydrogen) atoms. The normalized spacial score (nSPS) is 11.0. The topological polar surface area (TPSA) is 76.4 Å². The predicted octanol–water partition coefficient (Wildman–Crippen LogP) is 3.76. The monoisotopic (exact) mass is 524 g/mol. The van der Waals surface area contributed by atoms with Crippen LogP contribution in [0.25, 0.3) is 0 Å². The summed E-state index contributed by atoms with van der Waals surface area (Å²) < 4.78 is 20.7. The van der Waals surface area contributed by atoms with Crippen LogP contribution in [0.3, 0.4) is 0 Å². The van der Waals surface area contributed by atoms with E-state index in [1.54, 1.807) is 25.5 Å². The van der Waals surface area contributed by atoms with Crippen LogP contribution in [0.1, 0.15) is 18.3 Å². The van der Waals surface area contributed by atoms with E-state index in [1.165, 1.54) is 12.1 Å². The molecule has 3 rings (SSSR count). The largest absolute Gasteiger partial charge is 0.457 e. The Hall–Kier alpha value is -2.69. The average molecular weight is 524 g/mol. The van der Waals surface area contributed by atoms with Gasteiger partial charge in [-0.25, -0.2) is 4.39 Å². The Kier molecular flexibility index (Phi) is 9.52. The third-order valence-electron chi connectivity index (χ3n) is 4.31. The van der Waals surface area contributed by atoms with Crippen molar-refractivity contribution in [2.75, 3.05) is 13.6 Å². The summed E-state index contributed by atoms with van der Waals surface area (Å²) >= 11 is 0. The molecule has 7 nitrogen and oxygen atoms in total. The minimum absolute atomic E-state index is 0. The van der Waals surface area contributed by atoms with Crippen LogP contribution >= 0.6 is 24.0 Å². The van der Waals surface area contributed by atoms with E-state index in [4.69, 9.17) is 4.74 Å². The average Bonchev–Trinajstić information content (AvgIpc) is 3.21. The summed E-state index contributed by atoms with van der Waals surface area (Å²) in [5, 5.41) is 14.6. The van der Waals surface area contributed by atoms with Crippen molar-refractivity contribution in [3.8, 4) is 11.5 Å². The van der Waals surface area contributed by atoms with E-state index >= 15 is 0 Å². The van der Waals surface area contributed by atoms with Gasteiger partial charge in [0, 0.05) is 33.1 Å². The van der Waals surface area contributed by atoms with Gasteiger partial charge in [0.15, 0.2) is 5.96 Å². The summed E-state index contributed by atoms with van der Waals surface area (Å²) in [7, 11) is 1.74. The zero-order valence-corrected chi connectivity index (χ0v) is 19.3. The maximum atomic E-state index is 13.0. The van der Waals surface area contributed by atoms with E-state index in [2.05, 4.69) is 32.7 Å². The summed E-state index contributed by atoms with van der Waals surface area (Å²) in [6.45, 7) is 4.18. The lowest BCUT2D eigenvalue weighted by molar-refractivity contribution is 0.480. The highest BCUT2D eigenvalue weighted by atomic mass is 127. The second-order valence-corrected chi connectivity index (χ2v) is 6.35. The van der Waals surface area contributed by atoms with Crippen molar-refractivity contribution in [3.05, 3.63) is 72.1 Å². The van der Waals surface area contributed by atoms with Crippen molar-refractivity contribution in [2.24, 2.45) is 4.99 Å². The minimum atomic E-state index is -0.284. The molecule has 0 unspecified atom stereocenters. The van der Waals surface area contributed by atoms with Crippen LogP contribution < -0.4 is 15.4 Å². The fraction of sp³-hybridized carbons (Fsp3) is 0.286. The Morgan fingerprint density at radius 1 is 1.07 bits per heavy atom. The number of nitrogens with one attached hydrogen (secondary N) is 2. The number of rotatable bonds is 8. The second kappa shape index (κ2) is 12.1. The highest BCUT2D eigenvalue weighted by molar-refractivity contribution is 14.0. The number of aromatic nitrogens is 3. The summed E-state index contributed by atoms with van der Waals surface area (Å²) in [6.07, 6.45) is 2.60. The van der Waals surface area contributed by atoms with Gasteiger partial charge in [-0.3, -0.25) is 4.99 Å². The lowest BCUT2D eigenvalue weighted by atomic mass is 10.2. The molecule has 0 bridgehead atoms. The molecular weight excluding hydrogens is 498 g/mol. The van der Waals surface area contributed by atoms with Gasteiger partial charge in [0.2, 0.25) is 0 Å². The molecule has 1 heterocycles. The van der Waals surface area contributed by atoms with Gasteiger partial charge in [-0.1, -0.05) is 19.1 Å². The SMILES string of the molecule is CCc1nncn1CCNC(=NC)NCc1ccc(Oc2ccc(F)cc2)cc1.I. The Morgan fingerprint density at radius 3 is 2.37 bits per heavy atom. The first-order chi connectivity index (χ1) is 14.2. The predicted molar refractivity (Wildman–Crippen MR) is 126 cm³/mol. The molecule has 0 atom stereocenters. The number of aliphatic imine (C=N–C) groups is 1. The number of ether oxygens (including phenoxy) is 1. The van der Waals surface area contributed by atoms with E-state index in [9.17, 15) is 4.39 Å². The summed E-state index contributed by atoms with van der Waals surface area (Å²) in [5.41, 5.74) is 1.09. The third-order valence-corrected chi connectivity index (χ3v) is 4.31. The highest BCUT2D eigenvalue weighted by Crippen LogP contribution is 2.21. The van der Waals surface area contributed by atoms with E-state index in [1.807, 2.05) is 28.8 Å². The van der Waals surface area contributed by atoms with Crippen molar-refractivity contribution in [1.82, 2.24) is 25.4 Å². The molecule has 0 aliphatic carbocycles. The molecule has 3 aromatic rings. The smallest absolute Gasteiger partial charge is 0.191 e. The van der Waals surface area contributed by atoms with Crippen LogP contribution in [-0.2, 0) is 19.5 Å². The molecule has 0 aliphatic heterocycles. The quantitative estimate of drug-likeness (QED) is 0.267. The standard InChI is InChI=1S/C21H25FN6O.HI/c1-3-20-27-26-15-28(20)13-12-24-21(23-2)25-14-16-4-8-18(9-5-16)29-19-10-6-17(22)7-11-19;/h4-11,15H,3,12-14H2,1-2H3,(H2,23,24,25);1H. The van der Waals surface area contributed by atoms with Crippen molar-refractivity contribution < 1.29 is 9.13 Å². The first-order valence-electron chi connectivity index (χ1n) is 9.51. The van der Waals surface area contributed by atoms with Gasteiger partial charge in [-0.15, -0.1) is 34.2 Å². The van der Waals surface area contributed by atoms with Gasteiger partial charge in [-0.05, 0) is 42.0 Å². The first kappa shape index (κ1) is 23.6. The molecule has 0 radical (unpaired) electrons. The summed E-state index contributed by atoms with van der Waals surface area (Å²) in [5.74, 6) is 2.71. The number of guanidine groups is 1. The van der Waals surface area contributed by atoms with E-state index in [0.29, 0.717) is 18.0 Å². The molecule has 9 heteroatoms. The van der Waals surface area contributed by atoms with Crippen LogP contribution in [0, 0.1) is 5.82 Å². The van der Waals surface area contributed by atoms with Gasteiger partial charge in [-0.2, -0.15) is 0 Å². The van der Waals surface area contributed by atoms with Gasteiger partial charge in [0.1, 0.15) is 29.5 Å². The molecule has 2 aromatic carbocycles. The number of hydrogen-bond acceptors (Lipinski definition) is 4. The van der Waals surface area contributed by atoms with Crippen LogP contribution in [0.2, 0.25) is 0 Å². The van der Waals surface area contributed by atoms with Crippen molar-refractivity contribution in [1.29, 1.82) is 0 Å². The van der Waals surface area contributed by atoms with Crippen molar-refractivity contribution >= 4 is 29.9 Å². The van der Waals surface area contributed by atoms with Crippen LogP contribution in [-0.4, -0.2) is 34.3 Å². The molecule has 0 fully saturated rings. The number of hydrogen-bond donors (Lipinski definition) is 2. The summed E-state index contributed by atoms with van der Waals surface area (Å²) in [6, 6.07) is 13.7. The van der Waals surface area contributed by atoms with Crippen molar-refractivity contribution in [2.45, 2.75) is 26.4 Å². The fourth-order valence-electron chi connectivity index (χ4n) is 2.75. The molecule has 0 saturated heterocycles. The molecule has 2 N–H and O–H groups in total. The number of nitrogens with zero attached hydrogens (tertiary/aromatic N) is 4. The van der Waals surface area contributed by atoms with Gasteiger partial charge in [0.05, 0.1) is 0 Å². The lowest BCUT2D eigenvalue weighted by Gasteiger charge is -2.13. The highest BCUT2D eigenvalue weighted by Gasteiger charge is 2.03. The van der Waals surface area contributed by atoms with Gasteiger partial charge >= 0.3 is 0 Å². The van der Waals surface area contributed by atoms with Gasteiger partial charge in [0.25, 0.3) is 0 Å². The molecule has 0 spiro atoms. The van der Waals surface area contributed by atoms with E-state index in [-0.39, 0.29) is 29.8 Å². The van der Waals surface area contributed by atoms with E-state index in [0.717, 1.165) is 36.9 Å². The molecule has 160 valence electrons. The maximum absolute atomic E-state index is 13.0. The van der Waals surface area contributed by atoms with Crippen LogP contribution in [0.15, 0.2) is 59.9 Å². The maximum Gasteiger partial charge on any atom is 0.191 e. The van der Waals surface area contributed by atoms with E-state index < -0.39 is 0 Å². The van der Waals surface area contributed by atoms with Crippen LogP contribution in [0.5, 0.6) is 11.5 Å². The van der Waals surface area contributed by atoms with Gasteiger partial charge < -0.3 is 19.9 Å². The molecule has 0 amide bonds.